The molecule has 0 atom stereocenters. The zero-order valence-corrected chi connectivity index (χ0v) is 17.6. The van der Waals surface area contributed by atoms with Gasteiger partial charge in [0.1, 0.15) is 0 Å². The average molecular weight is 422 g/mol. The summed E-state index contributed by atoms with van der Waals surface area (Å²) < 4.78 is 10.9. The van der Waals surface area contributed by atoms with Crippen LogP contribution in [0.5, 0.6) is 11.5 Å². The van der Waals surface area contributed by atoms with Gasteiger partial charge in [-0.05, 0) is 30.3 Å². The number of benzene rings is 2. The molecule has 0 bridgehead atoms. The molecule has 0 aliphatic carbocycles. The Balaban J connectivity index is 1.18. The highest BCUT2D eigenvalue weighted by molar-refractivity contribution is 5.64. The lowest BCUT2D eigenvalue weighted by Crippen LogP contribution is -2.31. The van der Waals surface area contributed by atoms with Gasteiger partial charge in [0, 0.05) is 48.9 Å². The van der Waals surface area contributed by atoms with Crippen LogP contribution in [0.25, 0.3) is 22.6 Å². The van der Waals surface area contributed by atoms with Crippen LogP contribution >= 0.6 is 0 Å². The predicted molar refractivity (Wildman–Crippen MR) is 121 cm³/mol. The molecule has 0 saturated carbocycles. The van der Waals surface area contributed by atoms with Crippen molar-refractivity contribution < 1.29 is 9.47 Å². The molecule has 0 radical (unpaired) electrons. The lowest BCUT2D eigenvalue weighted by Gasteiger charge is -2.27. The van der Waals surface area contributed by atoms with Crippen molar-refractivity contribution in [3.63, 3.8) is 0 Å². The number of nitrogens with zero attached hydrogens (tertiary/aromatic N) is 4. The van der Waals surface area contributed by atoms with Gasteiger partial charge in [0.15, 0.2) is 17.3 Å². The Morgan fingerprint density at radius 1 is 0.844 bits per heavy atom. The SMILES string of the molecule is c1ccc(-c2ncc3c(n2)CCN(Cc2cccc(-c4ccc5c(c4)OCO5)n2)C3)cc1. The van der Waals surface area contributed by atoms with E-state index in [1.54, 1.807) is 0 Å². The van der Waals surface area contributed by atoms with Gasteiger partial charge in [-0.3, -0.25) is 9.88 Å². The first-order valence-electron chi connectivity index (χ1n) is 10.8. The van der Waals surface area contributed by atoms with Gasteiger partial charge < -0.3 is 9.47 Å². The summed E-state index contributed by atoms with van der Waals surface area (Å²) in [4.78, 5) is 16.7. The van der Waals surface area contributed by atoms with Crippen LogP contribution in [0, 0.1) is 0 Å². The van der Waals surface area contributed by atoms with E-state index >= 15 is 0 Å². The van der Waals surface area contributed by atoms with Crippen LogP contribution < -0.4 is 9.47 Å². The molecule has 32 heavy (non-hydrogen) atoms. The molecule has 2 aromatic heterocycles. The van der Waals surface area contributed by atoms with Gasteiger partial charge in [0.05, 0.1) is 17.1 Å². The lowest BCUT2D eigenvalue weighted by atomic mass is 10.1. The Hall–Kier alpha value is -3.77. The smallest absolute Gasteiger partial charge is 0.231 e. The summed E-state index contributed by atoms with van der Waals surface area (Å²) >= 11 is 0. The zero-order chi connectivity index (χ0) is 21.3. The van der Waals surface area contributed by atoms with Crippen LogP contribution in [0.15, 0.2) is 72.9 Å². The molecule has 158 valence electrons. The maximum absolute atomic E-state index is 5.51. The predicted octanol–water partition coefficient (Wildman–Crippen LogP) is 4.49. The molecule has 0 saturated heterocycles. The molecule has 2 aliphatic rings. The molecule has 0 N–H and O–H groups in total. The minimum Gasteiger partial charge on any atom is -0.454 e. The molecule has 0 amide bonds. The summed E-state index contributed by atoms with van der Waals surface area (Å²) in [6.45, 7) is 2.85. The molecule has 6 rings (SSSR count). The third-order valence-electron chi connectivity index (χ3n) is 5.91. The van der Waals surface area contributed by atoms with Crippen molar-refractivity contribution in [2.24, 2.45) is 0 Å². The number of aromatic nitrogens is 3. The van der Waals surface area contributed by atoms with Gasteiger partial charge in [-0.2, -0.15) is 0 Å². The standard InChI is InChI=1S/C26H22N4O2/c1-2-5-18(6-3-1)26-27-14-20-15-30(12-11-23(20)29-26)16-21-7-4-8-22(28-21)19-9-10-24-25(13-19)32-17-31-24/h1-10,13-14H,11-12,15-17H2. The zero-order valence-electron chi connectivity index (χ0n) is 17.6. The highest BCUT2D eigenvalue weighted by Gasteiger charge is 2.20. The summed E-state index contributed by atoms with van der Waals surface area (Å²) in [6, 6.07) is 22.3. The van der Waals surface area contributed by atoms with E-state index in [0.717, 1.165) is 71.6 Å². The van der Waals surface area contributed by atoms with Gasteiger partial charge in [0.2, 0.25) is 6.79 Å². The molecule has 2 aromatic carbocycles. The first-order valence-corrected chi connectivity index (χ1v) is 10.8. The summed E-state index contributed by atoms with van der Waals surface area (Å²) in [5, 5.41) is 0. The molecule has 0 spiro atoms. The van der Waals surface area contributed by atoms with E-state index < -0.39 is 0 Å². The number of hydrogen-bond donors (Lipinski definition) is 0. The minimum atomic E-state index is 0.277. The minimum absolute atomic E-state index is 0.277. The number of hydrogen-bond acceptors (Lipinski definition) is 6. The van der Waals surface area contributed by atoms with Crippen LogP contribution in [0.1, 0.15) is 17.0 Å². The van der Waals surface area contributed by atoms with Crippen LogP contribution in [0.2, 0.25) is 0 Å². The summed E-state index contributed by atoms with van der Waals surface area (Å²) in [5.41, 5.74) is 6.42. The average Bonchev–Trinajstić information content (AvgIpc) is 3.32. The van der Waals surface area contributed by atoms with Gasteiger partial charge >= 0.3 is 0 Å². The first kappa shape index (κ1) is 19.0. The Bertz CT molecular complexity index is 1280. The Morgan fingerprint density at radius 3 is 2.69 bits per heavy atom. The molecule has 4 heterocycles. The van der Waals surface area contributed by atoms with E-state index in [-0.39, 0.29) is 6.79 Å². The van der Waals surface area contributed by atoms with Crippen molar-refractivity contribution in [1.29, 1.82) is 0 Å². The summed E-state index contributed by atoms with van der Waals surface area (Å²) in [7, 11) is 0. The van der Waals surface area contributed by atoms with Crippen LogP contribution in [0.4, 0.5) is 0 Å². The van der Waals surface area contributed by atoms with Crippen molar-refractivity contribution in [2.45, 2.75) is 19.5 Å². The van der Waals surface area contributed by atoms with Crippen molar-refractivity contribution in [1.82, 2.24) is 19.9 Å². The molecule has 0 unspecified atom stereocenters. The molecule has 2 aliphatic heterocycles. The number of rotatable bonds is 4. The van der Waals surface area contributed by atoms with Crippen LogP contribution in [-0.2, 0) is 19.5 Å². The second-order valence-electron chi connectivity index (χ2n) is 8.07. The van der Waals surface area contributed by atoms with E-state index in [2.05, 4.69) is 34.1 Å². The van der Waals surface area contributed by atoms with E-state index in [4.69, 9.17) is 19.4 Å². The van der Waals surface area contributed by atoms with Crippen LogP contribution in [-0.4, -0.2) is 33.2 Å². The van der Waals surface area contributed by atoms with Crippen molar-refractivity contribution in [3.05, 3.63) is 89.9 Å². The monoisotopic (exact) mass is 422 g/mol. The topological polar surface area (TPSA) is 60.4 Å². The molecular weight excluding hydrogens is 400 g/mol. The third kappa shape index (κ3) is 3.69. The van der Waals surface area contributed by atoms with Crippen molar-refractivity contribution in [3.8, 4) is 34.1 Å². The first-order chi connectivity index (χ1) is 15.8. The van der Waals surface area contributed by atoms with Gasteiger partial charge in [0.25, 0.3) is 0 Å². The normalized spacial score (nSPS) is 14.9. The van der Waals surface area contributed by atoms with Gasteiger partial charge in [-0.15, -0.1) is 0 Å². The Labute approximate surface area is 186 Å². The van der Waals surface area contributed by atoms with E-state index in [1.807, 2.05) is 48.7 Å². The highest BCUT2D eigenvalue weighted by Crippen LogP contribution is 2.35. The number of ether oxygens (including phenoxy) is 2. The van der Waals surface area contributed by atoms with Crippen molar-refractivity contribution in [2.75, 3.05) is 13.3 Å². The van der Waals surface area contributed by atoms with E-state index in [0.29, 0.717) is 0 Å². The number of fused-ring (bicyclic) bond motifs is 2. The fourth-order valence-electron chi connectivity index (χ4n) is 4.25. The van der Waals surface area contributed by atoms with Crippen LogP contribution in [0.3, 0.4) is 0 Å². The quantitative estimate of drug-likeness (QED) is 0.483. The molecule has 6 nitrogen and oxygen atoms in total. The summed E-state index contributed by atoms with van der Waals surface area (Å²) in [5.74, 6) is 2.36. The highest BCUT2D eigenvalue weighted by atomic mass is 16.7. The Morgan fingerprint density at radius 2 is 1.75 bits per heavy atom. The molecule has 6 heteroatoms. The maximum atomic E-state index is 5.51. The lowest BCUT2D eigenvalue weighted by molar-refractivity contribution is 0.174. The molecule has 0 fully saturated rings. The van der Waals surface area contributed by atoms with E-state index in [9.17, 15) is 0 Å². The van der Waals surface area contributed by atoms with Crippen molar-refractivity contribution >= 4 is 0 Å². The molecule has 4 aromatic rings. The second-order valence-corrected chi connectivity index (χ2v) is 8.07. The maximum Gasteiger partial charge on any atom is 0.231 e. The summed E-state index contributed by atoms with van der Waals surface area (Å²) in [6.07, 6.45) is 2.90. The molecular formula is C26H22N4O2. The van der Waals surface area contributed by atoms with E-state index in [1.165, 1.54) is 5.56 Å². The largest absolute Gasteiger partial charge is 0.454 e. The Kier molecular flexibility index (Phi) is 4.77. The number of pyridine rings is 1. The van der Waals surface area contributed by atoms with Gasteiger partial charge in [-0.25, -0.2) is 9.97 Å². The fraction of sp³-hybridized carbons (Fsp3) is 0.192. The third-order valence-corrected chi connectivity index (χ3v) is 5.91. The second kappa shape index (κ2) is 8.05. The fourth-order valence-corrected chi connectivity index (χ4v) is 4.25. The van der Waals surface area contributed by atoms with Gasteiger partial charge in [-0.1, -0.05) is 36.4 Å².